The number of esters is 1. The third-order valence-electron chi connectivity index (χ3n) is 11.2. The van der Waals surface area contributed by atoms with Crippen molar-refractivity contribution in [1.82, 2.24) is 5.43 Å². The number of hydrogen-bond donors (Lipinski definition) is 1. The molecule has 332 valence electrons. The number of rotatable bonds is 37. The number of carbonyl (C=O) groups excluding carboxylic acids is 2. The monoisotopic (exact) mass is 825 g/mol. The van der Waals surface area contributed by atoms with Crippen molar-refractivity contribution in [3.63, 3.8) is 0 Å². The number of nitrogens with zero attached hydrogens (tertiary/aromatic N) is 1. The van der Waals surface area contributed by atoms with Crippen molar-refractivity contribution in [3.8, 4) is 17.2 Å². The lowest BCUT2D eigenvalue weighted by atomic mass is 10.0. The topological polar surface area (TPSA) is 86.2 Å². The molecular weight excluding hydrogens is 745 g/mol. The van der Waals surface area contributed by atoms with E-state index >= 15 is 0 Å². The van der Waals surface area contributed by atoms with E-state index < -0.39 is 5.97 Å². The van der Waals surface area contributed by atoms with Gasteiger partial charge in [-0.3, -0.25) is 4.79 Å². The van der Waals surface area contributed by atoms with Crippen molar-refractivity contribution >= 4 is 18.1 Å². The molecule has 0 saturated heterocycles. The van der Waals surface area contributed by atoms with Crippen molar-refractivity contribution in [3.05, 3.63) is 89.5 Å². The molecule has 3 rings (SSSR count). The third-order valence-corrected chi connectivity index (χ3v) is 11.2. The molecule has 3 aromatic rings. The van der Waals surface area contributed by atoms with E-state index in [1.807, 2.05) is 24.3 Å². The lowest BCUT2D eigenvalue weighted by Gasteiger charge is -2.08. The molecule has 0 saturated carbocycles. The summed E-state index contributed by atoms with van der Waals surface area (Å²) in [6.45, 7) is 5.92. The van der Waals surface area contributed by atoms with Crippen LogP contribution < -0.4 is 19.6 Å². The predicted molar refractivity (Wildman–Crippen MR) is 251 cm³/mol. The largest absolute Gasteiger partial charge is 0.494 e. The molecule has 7 nitrogen and oxygen atoms in total. The zero-order valence-corrected chi connectivity index (χ0v) is 37.7. The summed E-state index contributed by atoms with van der Waals surface area (Å²) >= 11 is 0. The van der Waals surface area contributed by atoms with Gasteiger partial charge in [-0.15, -0.1) is 0 Å². The van der Waals surface area contributed by atoms with E-state index in [2.05, 4.69) is 24.4 Å². The summed E-state index contributed by atoms with van der Waals surface area (Å²) in [7, 11) is 0. The van der Waals surface area contributed by atoms with Crippen LogP contribution in [0.4, 0.5) is 0 Å². The van der Waals surface area contributed by atoms with Crippen LogP contribution in [0.3, 0.4) is 0 Å². The summed E-state index contributed by atoms with van der Waals surface area (Å²) in [4.78, 5) is 25.4. The zero-order chi connectivity index (χ0) is 42.6. The molecule has 0 bridgehead atoms. The number of hydrogen-bond acceptors (Lipinski definition) is 6. The number of benzene rings is 3. The Kier molecular flexibility index (Phi) is 28.9. The van der Waals surface area contributed by atoms with Crippen LogP contribution in [0, 0.1) is 0 Å². The molecule has 0 atom stereocenters. The maximum atomic E-state index is 12.7. The minimum Gasteiger partial charge on any atom is -0.494 e. The first-order valence-electron chi connectivity index (χ1n) is 24.2. The van der Waals surface area contributed by atoms with Gasteiger partial charge >= 0.3 is 5.97 Å². The van der Waals surface area contributed by atoms with E-state index in [1.54, 1.807) is 54.7 Å². The lowest BCUT2D eigenvalue weighted by molar-refractivity contribution is 0.0734. The van der Waals surface area contributed by atoms with Crippen molar-refractivity contribution < 1.29 is 23.8 Å². The molecule has 0 aromatic heterocycles. The molecule has 7 heteroatoms. The molecule has 0 unspecified atom stereocenters. The fraction of sp³-hybridized carbons (Fsp3) is 0.604. The Bertz CT molecular complexity index is 1520. The minimum absolute atomic E-state index is 0.304. The molecule has 0 fully saturated rings. The molecule has 0 aliphatic heterocycles. The molecule has 0 aliphatic carbocycles. The summed E-state index contributed by atoms with van der Waals surface area (Å²) in [5, 5.41) is 4.10. The Morgan fingerprint density at radius 2 is 0.767 bits per heavy atom. The highest BCUT2D eigenvalue weighted by Crippen LogP contribution is 2.19. The number of amides is 1. The number of hydrazone groups is 1. The van der Waals surface area contributed by atoms with Crippen LogP contribution in [-0.2, 0) is 0 Å². The van der Waals surface area contributed by atoms with Crippen LogP contribution in [0.25, 0.3) is 0 Å². The highest BCUT2D eigenvalue weighted by molar-refractivity contribution is 5.95. The van der Waals surface area contributed by atoms with Gasteiger partial charge in [0.1, 0.15) is 17.2 Å². The maximum Gasteiger partial charge on any atom is 0.343 e. The summed E-state index contributed by atoms with van der Waals surface area (Å²) in [6, 6.07) is 21.2. The third kappa shape index (κ3) is 24.8. The lowest BCUT2D eigenvalue weighted by Crippen LogP contribution is -2.17. The summed E-state index contributed by atoms with van der Waals surface area (Å²) < 4.78 is 17.4. The second-order valence-electron chi connectivity index (χ2n) is 16.6. The second kappa shape index (κ2) is 34.6. The first-order valence-corrected chi connectivity index (χ1v) is 24.2. The Morgan fingerprint density at radius 1 is 0.433 bits per heavy atom. The van der Waals surface area contributed by atoms with Crippen molar-refractivity contribution in [2.75, 3.05) is 13.2 Å². The van der Waals surface area contributed by atoms with Crippen LogP contribution >= 0.6 is 0 Å². The van der Waals surface area contributed by atoms with Gasteiger partial charge < -0.3 is 14.2 Å². The number of unbranched alkanes of at least 4 members (excludes halogenated alkanes) is 26. The van der Waals surface area contributed by atoms with Crippen LogP contribution in [0.2, 0.25) is 0 Å². The smallest absolute Gasteiger partial charge is 0.343 e. The van der Waals surface area contributed by atoms with Gasteiger partial charge in [0.2, 0.25) is 0 Å². The molecule has 0 spiro atoms. The molecule has 0 heterocycles. The first-order chi connectivity index (χ1) is 29.6. The van der Waals surface area contributed by atoms with Gasteiger partial charge in [-0.1, -0.05) is 181 Å². The van der Waals surface area contributed by atoms with Crippen molar-refractivity contribution in [2.45, 2.75) is 194 Å². The van der Waals surface area contributed by atoms with Gasteiger partial charge in [0.05, 0.1) is 25.0 Å². The molecule has 0 radical (unpaired) electrons. The van der Waals surface area contributed by atoms with E-state index in [4.69, 9.17) is 14.2 Å². The Labute approximate surface area is 364 Å². The van der Waals surface area contributed by atoms with E-state index in [9.17, 15) is 9.59 Å². The highest BCUT2D eigenvalue weighted by atomic mass is 16.5. The SMILES string of the molecule is CCCCCCCCCCCCCCCCOc1ccc(C(=O)N/N=C/c2ccc(OC(=O)c3ccc(OCCCCCCCCCCCCCCCC)cc3)cc2)cc1. The normalized spacial score (nSPS) is 11.2. The van der Waals surface area contributed by atoms with E-state index in [-0.39, 0.29) is 5.91 Å². The number of nitrogens with one attached hydrogen (secondary N) is 1. The molecule has 1 amide bonds. The van der Waals surface area contributed by atoms with Crippen LogP contribution in [-0.4, -0.2) is 31.3 Å². The van der Waals surface area contributed by atoms with E-state index in [0.29, 0.717) is 30.1 Å². The van der Waals surface area contributed by atoms with Gasteiger partial charge in [0.15, 0.2) is 0 Å². The summed E-state index contributed by atoms with van der Waals surface area (Å²) in [5.74, 6) is 1.21. The van der Waals surface area contributed by atoms with E-state index in [1.165, 1.54) is 167 Å². The first kappa shape index (κ1) is 50.2. The van der Waals surface area contributed by atoms with Gasteiger partial charge in [0.25, 0.3) is 5.91 Å². The minimum atomic E-state index is -0.437. The Morgan fingerprint density at radius 3 is 1.15 bits per heavy atom. The fourth-order valence-electron chi connectivity index (χ4n) is 7.38. The fourth-order valence-corrected chi connectivity index (χ4v) is 7.38. The average Bonchev–Trinajstić information content (AvgIpc) is 3.27. The number of carbonyl (C=O) groups is 2. The molecule has 0 aliphatic rings. The maximum absolute atomic E-state index is 12.7. The highest BCUT2D eigenvalue weighted by Gasteiger charge is 2.10. The average molecular weight is 825 g/mol. The molecular formula is C53H80N2O5. The Balaban J connectivity index is 1.19. The van der Waals surface area contributed by atoms with Gasteiger partial charge in [-0.2, -0.15) is 5.10 Å². The van der Waals surface area contributed by atoms with Gasteiger partial charge in [-0.25, -0.2) is 10.2 Å². The standard InChI is InChI=1S/C53H80N2O5/c1-3-5-7-9-11-13-15-17-19-21-23-25-27-29-43-58-49-39-33-47(34-40-49)52(56)55-54-45-46-31-37-51(38-32-46)60-53(57)48-35-41-50(42-36-48)59-44-30-28-26-24-22-20-18-16-14-12-10-8-6-4-2/h31-42,45H,3-30,43-44H2,1-2H3,(H,55,56)/b54-45+. The molecule has 3 aromatic carbocycles. The second-order valence-corrected chi connectivity index (χ2v) is 16.6. The van der Waals surface area contributed by atoms with Crippen molar-refractivity contribution in [2.24, 2.45) is 5.10 Å². The van der Waals surface area contributed by atoms with Crippen LogP contribution in [0.5, 0.6) is 17.2 Å². The quantitative estimate of drug-likeness (QED) is 0.0206. The Hall–Kier alpha value is -4.13. The van der Waals surface area contributed by atoms with E-state index in [0.717, 1.165) is 29.9 Å². The van der Waals surface area contributed by atoms with Crippen molar-refractivity contribution in [1.29, 1.82) is 0 Å². The molecule has 60 heavy (non-hydrogen) atoms. The van der Waals surface area contributed by atoms with Gasteiger partial charge in [-0.05, 0) is 91.2 Å². The zero-order valence-electron chi connectivity index (χ0n) is 37.7. The molecule has 1 N–H and O–H groups in total. The summed E-state index contributed by atoms with van der Waals surface area (Å²) in [6.07, 6.45) is 38.9. The summed E-state index contributed by atoms with van der Waals surface area (Å²) in [5.41, 5.74) is 4.28. The van der Waals surface area contributed by atoms with Gasteiger partial charge in [0, 0.05) is 5.56 Å². The van der Waals surface area contributed by atoms with Crippen LogP contribution in [0.1, 0.15) is 220 Å². The number of ether oxygens (including phenoxy) is 3. The predicted octanol–water partition coefficient (Wildman–Crippen LogP) is 15.4. The van der Waals surface area contributed by atoms with Crippen LogP contribution in [0.15, 0.2) is 77.9 Å².